The second kappa shape index (κ2) is 8.66. The van der Waals surface area contributed by atoms with Crippen LogP contribution in [0.25, 0.3) is 23.0 Å². The van der Waals surface area contributed by atoms with Gasteiger partial charge in [-0.05, 0) is 30.3 Å². The number of amides is 1. The van der Waals surface area contributed by atoms with E-state index >= 15 is 0 Å². The fourth-order valence-corrected chi connectivity index (χ4v) is 2.91. The van der Waals surface area contributed by atoms with Crippen molar-refractivity contribution in [1.82, 2.24) is 14.8 Å². The van der Waals surface area contributed by atoms with E-state index in [-0.39, 0.29) is 0 Å². The fourth-order valence-electron chi connectivity index (χ4n) is 2.91. The quantitative estimate of drug-likeness (QED) is 0.365. The third-order valence-electron chi connectivity index (χ3n) is 4.38. The molecule has 5 nitrogen and oxygen atoms in total. The van der Waals surface area contributed by atoms with Gasteiger partial charge in [0.05, 0.1) is 11.4 Å². The van der Waals surface area contributed by atoms with E-state index in [4.69, 9.17) is 0 Å². The smallest absolute Gasteiger partial charge is 0.248 e. The molecule has 0 radical (unpaired) electrons. The Bertz CT molecular complexity index is 1250. The van der Waals surface area contributed by atoms with Gasteiger partial charge in [0.2, 0.25) is 5.91 Å². The summed E-state index contributed by atoms with van der Waals surface area (Å²) >= 11 is 0. The van der Waals surface area contributed by atoms with Crippen LogP contribution in [-0.2, 0) is 4.79 Å². The summed E-state index contributed by atoms with van der Waals surface area (Å²) in [5.41, 5.74) is 2.29. The monoisotopic (exact) mass is 420 g/mol. The lowest BCUT2D eigenvalue weighted by Gasteiger charge is -2.04. The van der Waals surface area contributed by atoms with E-state index in [2.05, 4.69) is 15.4 Å². The normalized spacial score (nSPS) is 11.1. The van der Waals surface area contributed by atoms with Crippen molar-refractivity contribution in [1.29, 1.82) is 0 Å². The lowest BCUT2D eigenvalue weighted by molar-refractivity contribution is -0.111. The second-order valence-electron chi connectivity index (χ2n) is 6.52. The maximum absolute atomic E-state index is 13.8. The first kappa shape index (κ1) is 20.1. The van der Waals surface area contributed by atoms with Crippen LogP contribution in [0.4, 0.5) is 18.9 Å². The van der Waals surface area contributed by atoms with Crippen molar-refractivity contribution in [2.45, 2.75) is 0 Å². The minimum absolute atomic E-state index is 0.374. The molecule has 0 saturated heterocycles. The van der Waals surface area contributed by atoms with Gasteiger partial charge in [-0.1, -0.05) is 18.2 Å². The number of carbonyl (C=O) groups excluding carboxylic acids is 1. The number of hydrogen-bond acceptors (Lipinski definition) is 3. The predicted octanol–water partition coefficient (Wildman–Crippen LogP) is 5.00. The molecule has 1 N–H and O–H groups in total. The molecule has 0 aliphatic carbocycles. The number of benzene rings is 2. The number of halogens is 3. The van der Waals surface area contributed by atoms with Crippen molar-refractivity contribution in [2.24, 2.45) is 0 Å². The molecule has 0 aliphatic heterocycles. The van der Waals surface area contributed by atoms with E-state index in [9.17, 15) is 18.0 Å². The molecule has 0 bridgehead atoms. The Morgan fingerprint density at radius 3 is 2.48 bits per heavy atom. The van der Waals surface area contributed by atoms with Crippen LogP contribution in [0, 0.1) is 17.5 Å². The third kappa shape index (κ3) is 4.53. The van der Waals surface area contributed by atoms with Crippen molar-refractivity contribution in [3.05, 3.63) is 102 Å². The summed E-state index contributed by atoms with van der Waals surface area (Å²) in [7, 11) is 0. The van der Waals surface area contributed by atoms with Gasteiger partial charge in [-0.3, -0.25) is 9.78 Å². The summed E-state index contributed by atoms with van der Waals surface area (Å²) in [6.45, 7) is 0. The molecule has 2 heterocycles. The first-order chi connectivity index (χ1) is 15.0. The Hall–Kier alpha value is -4.20. The summed E-state index contributed by atoms with van der Waals surface area (Å²) in [4.78, 5) is 16.3. The topological polar surface area (TPSA) is 59.8 Å². The lowest BCUT2D eigenvalue weighted by atomic mass is 10.1. The molecule has 0 unspecified atom stereocenters. The van der Waals surface area contributed by atoms with Crippen LogP contribution in [-0.4, -0.2) is 20.7 Å². The molecule has 4 rings (SSSR count). The number of pyridine rings is 1. The van der Waals surface area contributed by atoms with Crippen molar-refractivity contribution < 1.29 is 18.0 Å². The minimum atomic E-state index is -1.33. The number of nitrogens with zero attached hydrogens (tertiary/aromatic N) is 3. The Morgan fingerprint density at radius 2 is 1.74 bits per heavy atom. The molecular formula is C23H15F3N4O. The maximum atomic E-state index is 13.8. The predicted molar refractivity (Wildman–Crippen MR) is 111 cm³/mol. The van der Waals surface area contributed by atoms with E-state index in [1.165, 1.54) is 6.08 Å². The molecule has 0 spiro atoms. The second-order valence-corrected chi connectivity index (χ2v) is 6.52. The lowest BCUT2D eigenvalue weighted by Crippen LogP contribution is -2.10. The van der Waals surface area contributed by atoms with Crippen LogP contribution >= 0.6 is 0 Å². The van der Waals surface area contributed by atoms with E-state index < -0.39 is 29.0 Å². The summed E-state index contributed by atoms with van der Waals surface area (Å²) in [5.74, 6) is -4.38. The van der Waals surface area contributed by atoms with E-state index in [1.54, 1.807) is 29.3 Å². The molecular weight excluding hydrogens is 405 g/mol. The zero-order chi connectivity index (χ0) is 21.8. The van der Waals surface area contributed by atoms with E-state index in [1.807, 2.05) is 36.4 Å². The average molecular weight is 420 g/mol. The number of nitrogens with one attached hydrogen (secondary N) is 1. The molecule has 2 aromatic heterocycles. The number of para-hydroxylation sites is 1. The molecule has 154 valence electrons. The highest BCUT2D eigenvalue weighted by Crippen LogP contribution is 2.24. The molecule has 1 amide bonds. The number of carbonyl (C=O) groups is 1. The van der Waals surface area contributed by atoms with Gasteiger partial charge in [-0.25, -0.2) is 17.9 Å². The van der Waals surface area contributed by atoms with E-state index in [0.717, 1.165) is 17.3 Å². The van der Waals surface area contributed by atoms with Crippen LogP contribution in [0.1, 0.15) is 5.56 Å². The van der Waals surface area contributed by atoms with Crippen LogP contribution < -0.4 is 5.32 Å². The largest absolute Gasteiger partial charge is 0.320 e. The number of rotatable bonds is 5. The van der Waals surface area contributed by atoms with Gasteiger partial charge >= 0.3 is 0 Å². The van der Waals surface area contributed by atoms with Gasteiger partial charge in [0.15, 0.2) is 11.6 Å². The van der Waals surface area contributed by atoms with Crippen molar-refractivity contribution in [3.63, 3.8) is 0 Å². The van der Waals surface area contributed by atoms with Gasteiger partial charge in [0.25, 0.3) is 0 Å². The Kier molecular flexibility index (Phi) is 5.61. The first-order valence-electron chi connectivity index (χ1n) is 9.20. The van der Waals surface area contributed by atoms with Crippen LogP contribution in [0.15, 0.2) is 79.3 Å². The Labute approximate surface area is 175 Å². The van der Waals surface area contributed by atoms with Crippen LogP contribution in [0.5, 0.6) is 0 Å². The van der Waals surface area contributed by atoms with Crippen LogP contribution in [0.3, 0.4) is 0 Å². The molecule has 0 saturated carbocycles. The first-order valence-corrected chi connectivity index (χ1v) is 9.20. The Balaban J connectivity index is 1.64. The number of hydrogen-bond donors (Lipinski definition) is 1. The molecule has 2 aromatic carbocycles. The van der Waals surface area contributed by atoms with Crippen molar-refractivity contribution >= 4 is 17.7 Å². The summed E-state index contributed by atoms with van der Waals surface area (Å²) in [5, 5.41) is 6.79. The van der Waals surface area contributed by atoms with Crippen LogP contribution in [0.2, 0.25) is 0 Å². The molecule has 4 aromatic rings. The zero-order valence-corrected chi connectivity index (χ0v) is 16.0. The highest BCUT2D eigenvalue weighted by molar-refractivity contribution is 6.02. The third-order valence-corrected chi connectivity index (χ3v) is 4.38. The van der Waals surface area contributed by atoms with Gasteiger partial charge in [0, 0.05) is 47.9 Å². The minimum Gasteiger partial charge on any atom is -0.320 e. The van der Waals surface area contributed by atoms with E-state index in [0.29, 0.717) is 23.4 Å². The molecule has 8 heteroatoms. The van der Waals surface area contributed by atoms with Gasteiger partial charge < -0.3 is 5.32 Å². The molecule has 31 heavy (non-hydrogen) atoms. The maximum Gasteiger partial charge on any atom is 0.248 e. The number of anilines is 1. The molecule has 0 fully saturated rings. The van der Waals surface area contributed by atoms with Gasteiger partial charge in [-0.15, -0.1) is 0 Å². The summed E-state index contributed by atoms with van der Waals surface area (Å²) < 4.78 is 41.8. The fraction of sp³-hybridized carbons (Fsp3) is 0. The standard InChI is InChI=1S/C23H15F3N4O/c24-18-11-20(26)21(12-19(18)25)28-22(31)9-8-16-14-30(17-6-2-1-3-7-17)29-23(16)15-5-4-10-27-13-15/h1-14H,(H,28,31)/b9-8+. The Morgan fingerprint density at radius 1 is 0.968 bits per heavy atom. The molecule has 0 atom stereocenters. The van der Waals surface area contributed by atoms with Crippen molar-refractivity contribution in [3.8, 4) is 16.9 Å². The number of aromatic nitrogens is 3. The average Bonchev–Trinajstić information content (AvgIpc) is 3.22. The van der Waals surface area contributed by atoms with Crippen molar-refractivity contribution in [2.75, 3.05) is 5.32 Å². The highest BCUT2D eigenvalue weighted by Gasteiger charge is 2.13. The zero-order valence-electron chi connectivity index (χ0n) is 16.0. The molecule has 0 aliphatic rings. The summed E-state index contributed by atoms with van der Waals surface area (Å²) in [6, 6.07) is 14.0. The SMILES string of the molecule is O=C(/C=C/c1cn(-c2ccccc2)nc1-c1cccnc1)Nc1cc(F)c(F)cc1F. The van der Waals surface area contributed by atoms with Gasteiger partial charge in [0.1, 0.15) is 11.5 Å². The van der Waals surface area contributed by atoms with Gasteiger partial charge in [-0.2, -0.15) is 5.10 Å². The summed E-state index contributed by atoms with van der Waals surface area (Å²) in [6.07, 6.45) is 7.68. The highest BCUT2D eigenvalue weighted by atomic mass is 19.2.